The fourth-order valence-electron chi connectivity index (χ4n) is 5.16. The number of hydrogen-bond acceptors (Lipinski definition) is 1. The van der Waals surface area contributed by atoms with Gasteiger partial charge in [0.05, 0.1) is 5.60 Å². The van der Waals surface area contributed by atoms with E-state index in [-0.39, 0.29) is 5.60 Å². The molecule has 2 saturated carbocycles. The lowest BCUT2D eigenvalue weighted by atomic mass is 9.63. The average Bonchev–Trinajstić information content (AvgIpc) is 2.52. The van der Waals surface area contributed by atoms with Gasteiger partial charge in [-0.2, -0.15) is 0 Å². The standard InChI is InChI=1S/C20H38O/c1-3-5-11-17(4-2)16-20(21)15-10-9-14-19(20)18-12-7-6-8-13-18/h17-19,21H,3-16H2,1-2H3. The molecule has 2 rings (SSSR count). The van der Waals surface area contributed by atoms with Crippen molar-refractivity contribution in [3.8, 4) is 0 Å². The second-order valence-corrected chi connectivity index (χ2v) is 7.97. The van der Waals surface area contributed by atoms with Gasteiger partial charge in [-0.1, -0.05) is 84.5 Å². The second-order valence-electron chi connectivity index (χ2n) is 7.97. The summed E-state index contributed by atoms with van der Waals surface area (Å²) in [5.74, 6) is 2.19. The quantitative estimate of drug-likeness (QED) is 0.602. The minimum atomic E-state index is -0.325. The highest BCUT2D eigenvalue weighted by molar-refractivity contribution is 4.95. The Morgan fingerprint density at radius 3 is 2.38 bits per heavy atom. The molecule has 0 aromatic heterocycles. The van der Waals surface area contributed by atoms with Crippen molar-refractivity contribution in [2.24, 2.45) is 17.8 Å². The maximum absolute atomic E-state index is 11.5. The fourth-order valence-corrected chi connectivity index (χ4v) is 5.16. The highest BCUT2D eigenvalue weighted by Crippen LogP contribution is 2.47. The van der Waals surface area contributed by atoms with Crippen LogP contribution in [0.25, 0.3) is 0 Å². The molecule has 0 bridgehead atoms. The molecule has 2 fully saturated rings. The van der Waals surface area contributed by atoms with Crippen molar-refractivity contribution in [2.75, 3.05) is 0 Å². The Morgan fingerprint density at radius 2 is 1.71 bits per heavy atom. The van der Waals surface area contributed by atoms with Crippen LogP contribution in [-0.4, -0.2) is 10.7 Å². The summed E-state index contributed by atoms with van der Waals surface area (Å²) in [6.07, 6.45) is 18.3. The molecular formula is C20H38O. The molecule has 124 valence electrons. The summed E-state index contributed by atoms with van der Waals surface area (Å²) in [5, 5.41) is 11.5. The fraction of sp³-hybridized carbons (Fsp3) is 1.00. The van der Waals surface area contributed by atoms with Gasteiger partial charge in [0.25, 0.3) is 0 Å². The SMILES string of the molecule is CCCCC(CC)CC1(O)CCCCC1C1CCCCC1. The third kappa shape index (κ3) is 4.71. The van der Waals surface area contributed by atoms with Gasteiger partial charge < -0.3 is 5.11 Å². The van der Waals surface area contributed by atoms with E-state index in [1.807, 2.05) is 0 Å². The lowest BCUT2D eigenvalue weighted by Gasteiger charge is -2.47. The van der Waals surface area contributed by atoms with E-state index in [0.717, 1.165) is 24.7 Å². The zero-order valence-electron chi connectivity index (χ0n) is 14.6. The van der Waals surface area contributed by atoms with Crippen LogP contribution >= 0.6 is 0 Å². The van der Waals surface area contributed by atoms with Crippen LogP contribution in [-0.2, 0) is 0 Å². The van der Waals surface area contributed by atoms with E-state index in [1.54, 1.807) is 0 Å². The third-order valence-electron chi connectivity index (χ3n) is 6.47. The van der Waals surface area contributed by atoms with Crippen molar-refractivity contribution < 1.29 is 5.11 Å². The van der Waals surface area contributed by atoms with Gasteiger partial charge in [-0.05, 0) is 37.0 Å². The number of aliphatic hydroxyl groups is 1. The Hall–Kier alpha value is -0.0400. The van der Waals surface area contributed by atoms with Crippen LogP contribution in [0.1, 0.15) is 104 Å². The first-order valence-electron chi connectivity index (χ1n) is 9.92. The minimum absolute atomic E-state index is 0.325. The Morgan fingerprint density at radius 1 is 1.00 bits per heavy atom. The van der Waals surface area contributed by atoms with E-state index in [2.05, 4.69) is 13.8 Å². The molecule has 3 unspecified atom stereocenters. The molecule has 2 aliphatic carbocycles. The molecule has 0 aromatic rings. The van der Waals surface area contributed by atoms with Crippen LogP contribution in [0.5, 0.6) is 0 Å². The molecule has 1 nitrogen and oxygen atoms in total. The van der Waals surface area contributed by atoms with Crippen LogP contribution in [0, 0.1) is 17.8 Å². The molecule has 0 radical (unpaired) electrons. The summed E-state index contributed by atoms with van der Waals surface area (Å²) >= 11 is 0. The lowest BCUT2D eigenvalue weighted by Crippen LogP contribution is -2.46. The van der Waals surface area contributed by atoms with Crippen molar-refractivity contribution in [1.29, 1.82) is 0 Å². The van der Waals surface area contributed by atoms with Crippen molar-refractivity contribution >= 4 is 0 Å². The second kappa shape index (κ2) is 8.56. The highest BCUT2D eigenvalue weighted by atomic mass is 16.3. The smallest absolute Gasteiger partial charge is 0.0681 e. The molecule has 0 saturated heterocycles. The number of rotatable bonds is 7. The summed E-state index contributed by atoms with van der Waals surface area (Å²) in [5.41, 5.74) is -0.325. The van der Waals surface area contributed by atoms with Gasteiger partial charge in [0.2, 0.25) is 0 Å². The summed E-state index contributed by atoms with van der Waals surface area (Å²) < 4.78 is 0. The summed E-state index contributed by atoms with van der Waals surface area (Å²) in [7, 11) is 0. The van der Waals surface area contributed by atoms with E-state index in [0.29, 0.717) is 5.92 Å². The molecule has 0 aromatic carbocycles. The van der Waals surface area contributed by atoms with Gasteiger partial charge in [0.15, 0.2) is 0 Å². The van der Waals surface area contributed by atoms with Crippen LogP contribution < -0.4 is 0 Å². The normalized spacial score (nSPS) is 33.0. The third-order valence-corrected chi connectivity index (χ3v) is 6.47. The van der Waals surface area contributed by atoms with Gasteiger partial charge in [0, 0.05) is 0 Å². The van der Waals surface area contributed by atoms with Gasteiger partial charge in [-0.3, -0.25) is 0 Å². The molecule has 2 aliphatic rings. The Bertz CT molecular complexity index is 282. The Labute approximate surface area is 132 Å². The van der Waals surface area contributed by atoms with Gasteiger partial charge in [-0.25, -0.2) is 0 Å². The van der Waals surface area contributed by atoms with Gasteiger partial charge in [0.1, 0.15) is 0 Å². The molecule has 1 N–H and O–H groups in total. The number of unbranched alkanes of at least 4 members (excludes halogenated alkanes) is 1. The highest BCUT2D eigenvalue weighted by Gasteiger charge is 2.43. The maximum atomic E-state index is 11.5. The largest absolute Gasteiger partial charge is 0.390 e. The van der Waals surface area contributed by atoms with Crippen LogP contribution in [0.3, 0.4) is 0 Å². The average molecular weight is 295 g/mol. The molecular weight excluding hydrogens is 256 g/mol. The Kier molecular flexibility index (Phi) is 7.05. The van der Waals surface area contributed by atoms with Crippen molar-refractivity contribution in [3.63, 3.8) is 0 Å². The predicted octanol–water partition coefficient (Wildman–Crippen LogP) is 6.09. The molecule has 0 aliphatic heterocycles. The van der Waals surface area contributed by atoms with E-state index in [1.165, 1.54) is 77.0 Å². The van der Waals surface area contributed by atoms with Gasteiger partial charge >= 0.3 is 0 Å². The van der Waals surface area contributed by atoms with Crippen molar-refractivity contribution in [3.05, 3.63) is 0 Å². The van der Waals surface area contributed by atoms with E-state index >= 15 is 0 Å². The first kappa shape index (κ1) is 17.3. The minimum Gasteiger partial charge on any atom is -0.390 e. The molecule has 0 spiro atoms. The topological polar surface area (TPSA) is 20.2 Å². The first-order valence-corrected chi connectivity index (χ1v) is 9.92. The first-order chi connectivity index (χ1) is 10.2. The molecule has 21 heavy (non-hydrogen) atoms. The van der Waals surface area contributed by atoms with Crippen LogP contribution in [0.15, 0.2) is 0 Å². The molecule has 3 atom stereocenters. The Balaban J connectivity index is 1.99. The maximum Gasteiger partial charge on any atom is 0.0681 e. The molecule has 1 heteroatoms. The summed E-state index contributed by atoms with van der Waals surface area (Å²) in [4.78, 5) is 0. The predicted molar refractivity (Wildman–Crippen MR) is 91.4 cm³/mol. The van der Waals surface area contributed by atoms with Crippen LogP contribution in [0.2, 0.25) is 0 Å². The van der Waals surface area contributed by atoms with Gasteiger partial charge in [-0.15, -0.1) is 0 Å². The molecule has 0 amide bonds. The number of hydrogen-bond donors (Lipinski definition) is 1. The monoisotopic (exact) mass is 294 g/mol. The van der Waals surface area contributed by atoms with E-state index in [9.17, 15) is 5.11 Å². The zero-order valence-corrected chi connectivity index (χ0v) is 14.6. The summed E-state index contributed by atoms with van der Waals surface area (Å²) in [6, 6.07) is 0. The van der Waals surface area contributed by atoms with Crippen LogP contribution in [0.4, 0.5) is 0 Å². The summed E-state index contributed by atoms with van der Waals surface area (Å²) in [6.45, 7) is 4.61. The molecule has 0 heterocycles. The lowest BCUT2D eigenvalue weighted by molar-refractivity contribution is -0.0933. The van der Waals surface area contributed by atoms with Crippen molar-refractivity contribution in [2.45, 2.75) is 109 Å². The van der Waals surface area contributed by atoms with Crippen molar-refractivity contribution in [1.82, 2.24) is 0 Å². The van der Waals surface area contributed by atoms with E-state index in [4.69, 9.17) is 0 Å². The van der Waals surface area contributed by atoms with E-state index < -0.39 is 0 Å². The zero-order chi connectivity index (χ0) is 15.1.